The summed E-state index contributed by atoms with van der Waals surface area (Å²) in [7, 11) is 2.47. The number of rotatable bonds is 27. The number of Topliss-reactive ketones (excluding diaryl/α,β-unsaturated/α-hetero) is 2. The zero-order chi connectivity index (χ0) is 46.4. The topological polar surface area (TPSA) is 180 Å². The van der Waals surface area contributed by atoms with Crippen molar-refractivity contribution in [2.45, 2.75) is 144 Å². The van der Waals surface area contributed by atoms with Gasteiger partial charge in [-0.3, -0.25) is 33.4 Å². The normalized spacial score (nSPS) is 18.7. The molecule has 1 unspecified atom stereocenters. The zero-order valence-electron chi connectivity index (χ0n) is 39.3. The lowest BCUT2D eigenvalue weighted by molar-refractivity contribution is -0.149. The van der Waals surface area contributed by atoms with E-state index in [1.54, 1.807) is 30.9 Å². The number of benzene rings is 1. The number of likely N-dealkylation sites (N-methyl/N-ethyl adjacent to an activating group) is 2. The second kappa shape index (κ2) is 25.2. The summed E-state index contributed by atoms with van der Waals surface area (Å²) in [6.45, 7) is 18.1. The largest absolute Gasteiger partial charge is 0.379 e. The fraction of sp³-hybridized carbons (Fsp3) is 0.761. The van der Waals surface area contributed by atoms with Crippen molar-refractivity contribution in [2.75, 3.05) is 47.2 Å². The summed E-state index contributed by atoms with van der Waals surface area (Å²) in [5.41, 5.74) is 0.826. The molecule has 0 radical (unpaired) electrons. The van der Waals surface area contributed by atoms with Crippen molar-refractivity contribution in [3.05, 3.63) is 35.9 Å². The molecule has 1 saturated heterocycles. The Kier molecular flexibility index (Phi) is 22.2. The predicted molar refractivity (Wildman–Crippen MR) is 238 cm³/mol. The van der Waals surface area contributed by atoms with Gasteiger partial charge < -0.3 is 24.6 Å². The number of nitrogens with zero attached hydrogens (tertiary/aromatic N) is 3. The summed E-state index contributed by atoms with van der Waals surface area (Å²) in [5, 5.41) is 2.55. The van der Waals surface area contributed by atoms with Crippen molar-refractivity contribution >= 4 is 39.4 Å². The lowest BCUT2D eigenvalue weighted by Gasteiger charge is -2.41. The van der Waals surface area contributed by atoms with Gasteiger partial charge in [-0.1, -0.05) is 85.2 Å². The number of methoxy groups -OCH3 is 2. The van der Waals surface area contributed by atoms with Crippen molar-refractivity contribution in [1.82, 2.24) is 20.0 Å². The fourth-order valence-electron chi connectivity index (χ4n) is 8.97. The molecule has 9 atom stereocenters. The summed E-state index contributed by atoms with van der Waals surface area (Å²) in [4.78, 5) is 75.6. The zero-order valence-corrected chi connectivity index (χ0v) is 40.1. The third kappa shape index (κ3) is 15.8. The van der Waals surface area contributed by atoms with Crippen LogP contribution >= 0.6 is 0 Å². The second-order valence-electron chi connectivity index (χ2n) is 18.2. The molecule has 3 amide bonds. The standard InChI is InChI=1S/C46H78N4O10S/c1-14-32(8)43(49(11)46(55)36(29(2)3)27-39(52)42(30(4)5)48(10)31(6)7)40(59-12)28-41(53)50-23-18-21-37(50)44(60-13)33(9)38(51)26-35(25-34-19-16-15-17-20-34)45(54)47-22-24-61(56,57)58/h15-17,19-20,29-33,35-37,40,42-44H,14,18,21-28H2,1-13H3,(H,47,54)(H,56,57,58)/t32-,33-,35+,36-,37-,40+,42-,43?,44+/m0/s1. The van der Waals surface area contributed by atoms with Crippen LogP contribution in [0.1, 0.15) is 106 Å². The van der Waals surface area contributed by atoms with Crippen LogP contribution in [0.4, 0.5) is 0 Å². The van der Waals surface area contributed by atoms with Gasteiger partial charge in [0.15, 0.2) is 5.78 Å². The van der Waals surface area contributed by atoms with Gasteiger partial charge in [-0.15, -0.1) is 0 Å². The van der Waals surface area contributed by atoms with Gasteiger partial charge in [0, 0.05) is 71.0 Å². The Bertz CT molecular complexity index is 1670. The van der Waals surface area contributed by atoms with E-state index in [9.17, 15) is 32.4 Å². The average molecular weight is 879 g/mol. The molecule has 0 saturated carbocycles. The Morgan fingerprint density at radius 1 is 0.885 bits per heavy atom. The van der Waals surface area contributed by atoms with Gasteiger partial charge in [-0.2, -0.15) is 8.42 Å². The molecule has 1 aromatic rings. The van der Waals surface area contributed by atoms with Crippen molar-refractivity contribution < 1.29 is 46.4 Å². The minimum absolute atomic E-state index is 0.0127. The number of carbonyl (C=O) groups excluding carboxylic acids is 5. The maximum atomic E-state index is 14.5. The highest BCUT2D eigenvalue weighted by atomic mass is 32.2. The molecule has 0 spiro atoms. The predicted octanol–water partition coefficient (Wildman–Crippen LogP) is 5.33. The maximum absolute atomic E-state index is 14.5. The van der Waals surface area contributed by atoms with Gasteiger partial charge in [0.05, 0.1) is 42.5 Å². The molecule has 1 fully saturated rings. The molecule has 1 aromatic carbocycles. The van der Waals surface area contributed by atoms with Crippen molar-refractivity contribution in [3.8, 4) is 0 Å². The first-order valence-corrected chi connectivity index (χ1v) is 23.8. The number of likely N-dealkylation sites (tertiary alicyclic amines) is 1. The monoisotopic (exact) mass is 879 g/mol. The molecule has 1 aliphatic rings. The van der Waals surface area contributed by atoms with E-state index >= 15 is 0 Å². The van der Waals surface area contributed by atoms with Crippen LogP contribution in [0.3, 0.4) is 0 Å². The van der Waals surface area contributed by atoms with Crippen LogP contribution in [-0.4, -0.2) is 140 Å². The Labute approximate surface area is 367 Å². The highest BCUT2D eigenvalue weighted by Gasteiger charge is 2.43. The van der Waals surface area contributed by atoms with Gasteiger partial charge in [0.1, 0.15) is 5.78 Å². The first-order chi connectivity index (χ1) is 28.5. The van der Waals surface area contributed by atoms with Gasteiger partial charge in [0.25, 0.3) is 10.1 Å². The fourth-order valence-corrected chi connectivity index (χ4v) is 9.33. The molecule has 2 rings (SSSR count). The molecule has 1 aliphatic heterocycles. The van der Waals surface area contributed by atoms with E-state index in [0.29, 0.717) is 19.4 Å². The molecule has 61 heavy (non-hydrogen) atoms. The van der Waals surface area contributed by atoms with Crippen LogP contribution in [0.25, 0.3) is 0 Å². The van der Waals surface area contributed by atoms with Crippen molar-refractivity contribution in [2.24, 2.45) is 35.5 Å². The van der Waals surface area contributed by atoms with Crippen LogP contribution in [0.2, 0.25) is 0 Å². The van der Waals surface area contributed by atoms with Crippen molar-refractivity contribution in [1.29, 1.82) is 0 Å². The van der Waals surface area contributed by atoms with Crippen LogP contribution in [0.15, 0.2) is 30.3 Å². The minimum atomic E-state index is -4.29. The van der Waals surface area contributed by atoms with Crippen LogP contribution in [-0.2, 0) is 50.0 Å². The molecule has 0 bridgehead atoms. The van der Waals surface area contributed by atoms with E-state index in [2.05, 4.69) is 24.1 Å². The van der Waals surface area contributed by atoms with Crippen LogP contribution < -0.4 is 5.32 Å². The molecule has 0 aromatic heterocycles. The van der Waals surface area contributed by atoms with E-state index in [0.717, 1.165) is 12.0 Å². The number of nitrogens with one attached hydrogen (secondary N) is 1. The number of amides is 3. The van der Waals surface area contributed by atoms with E-state index in [1.165, 1.54) is 7.11 Å². The van der Waals surface area contributed by atoms with Crippen LogP contribution in [0.5, 0.6) is 0 Å². The molecular formula is C46H78N4O10S. The van der Waals surface area contributed by atoms with Gasteiger partial charge in [-0.25, -0.2) is 0 Å². The highest BCUT2D eigenvalue weighted by molar-refractivity contribution is 7.85. The lowest BCUT2D eigenvalue weighted by Crippen LogP contribution is -2.54. The van der Waals surface area contributed by atoms with Gasteiger partial charge in [0.2, 0.25) is 17.7 Å². The third-order valence-corrected chi connectivity index (χ3v) is 13.6. The van der Waals surface area contributed by atoms with E-state index in [1.807, 2.05) is 78.9 Å². The van der Waals surface area contributed by atoms with Gasteiger partial charge in [-0.05, 0) is 63.5 Å². The first kappa shape index (κ1) is 53.9. The Balaban J connectivity index is 2.32. The smallest absolute Gasteiger partial charge is 0.266 e. The van der Waals surface area contributed by atoms with Crippen molar-refractivity contribution in [3.63, 3.8) is 0 Å². The number of ketones is 2. The highest BCUT2D eigenvalue weighted by Crippen LogP contribution is 2.32. The van der Waals surface area contributed by atoms with E-state index < -0.39 is 63.8 Å². The van der Waals surface area contributed by atoms with Crippen LogP contribution in [0, 0.1) is 35.5 Å². The minimum Gasteiger partial charge on any atom is -0.379 e. The van der Waals surface area contributed by atoms with Gasteiger partial charge >= 0.3 is 0 Å². The molecule has 2 N–H and O–H groups in total. The summed E-state index contributed by atoms with van der Waals surface area (Å²) < 4.78 is 43.8. The molecule has 15 heteroatoms. The Morgan fingerprint density at radius 3 is 2.02 bits per heavy atom. The maximum Gasteiger partial charge on any atom is 0.266 e. The number of carbonyl (C=O) groups is 5. The molecule has 0 aliphatic carbocycles. The first-order valence-electron chi connectivity index (χ1n) is 22.2. The Morgan fingerprint density at radius 2 is 1.51 bits per heavy atom. The number of hydrogen-bond acceptors (Lipinski definition) is 10. The average Bonchev–Trinajstić information content (AvgIpc) is 3.68. The molecule has 14 nitrogen and oxygen atoms in total. The quantitative estimate of drug-likeness (QED) is 0.109. The Hall–Kier alpha value is -3.24. The SMILES string of the molecule is CC[C@H](C)C([C@@H](CC(=O)N1CCC[C@H]1[C@H](OC)[C@@H](C)C(=O)C[C@@H](Cc1ccccc1)C(=O)NCCS(=O)(=O)O)OC)N(C)C(=O)[C@@H](CC(=O)[C@H](C(C)C)N(C)C(C)C)C(C)C. The van der Waals surface area contributed by atoms with E-state index in [-0.39, 0.29) is 85.4 Å². The lowest BCUT2D eigenvalue weighted by atomic mass is 9.83. The third-order valence-electron chi connectivity index (χ3n) is 12.9. The summed E-state index contributed by atoms with van der Waals surface area (Å²) in [6.07, 6.45) is 0.869. The molecular weight excluding hydrogens is 801 g/mol. The van der Waals surface area contributed by atoms with E-state index in [4.69, 9.17) is 14.0 Å². The molecule has 1 heterocycles. The number of hydrogen-bond donors (Lipinski definition) is 2. The molecule has 348 valence electrons. The summed E-state index contributed by atoms with van der Waals surface area (Å²) >= 11 is 0. The summed E-state index contributed by atoms with van der Waals surface area (Å²) in [6, 6.07) is 8.13. The second-order valence-corrected chi connectivity index (χ2v) is 19.8. The summed E-state index contributed by atoms with van der Waals surface area (Å²) in [5.74, 6) is -3.84. The number of ether oxygens (including phenoxy) is 2.